The third-order valence-corrected chi connectivity index (χ3v) is 2.70. The highest BCUT2D eigenvalue weighted by atomic mass is 19.1. The van der Waals surface area contributed by atoms with Gasteiger partial charge in [0.1, 0.15) is 5.82 Å². The van der Waals surface area contributed by atoms with Gasteiger partial charge in [0.05, 0.1) is 6.61 Å². The molecule has 0 aliphatic carbocycles. The smallest absolute Gasteiger partial charge is 0.320 e. The number of aliphatic carboxylic acids is 1. The van der Waals surface area contributed by atoms with E-state index in [1.807, 2.05) is 0 Å². The molecule has 2 atom stereocenters. The molecule has 5 heteroatoms. The van der Waals surface area contributed by atoms with E-state index in [0.29, 0.717) is 5.56 Å². The Morgan fingerprint density at radius 2 is 1.89 bits per heavy atom. The van der Waals surface area contributed by atoms with E-state index in [1.54, 1.807) is 13.8 Å². The van der Waals surface area contributed by atoms with Crippen molar-refractivity contribution in [2.24, 2.45) is 5.92 Å². The molecule has 0 aliphatic heterocycles. The predicted molar refractivity (Wildman–Crippen MR) is 62.6 cm³/mol. The van der Waals surface area contributed by atoms with Crippen LogP contribution in [0.3, 0.4) is 0 Å². The first-order valence-corrected chi connectivity index (χ1v) is 5.62. The standard InChI is InChI=1S/C13H15FO4/c1-3-18-13(17)11(12(15)16)8(2)9-4-6-10(14)7-5-9/h4-8,11H,3H2,1-2H3,(H,15,16). The molecule has 1 N–H and O–H groups in total. The van der Waals surface area contributed by atoms with Crippen LogP contribution < -0.4 is 0 Å². The maximum Gasteiger partial charge on any atom is 0.320 e. The van der Waals surface area contributed by atoms with Crippen molar-refractivity contribution in [3.63, 3.8) is 0 Å². The largest absolute Gasteiger partial charge is 0.481 e. The van der Waals surface area contributed by atoms with Gasteiger partial charge in [-0.25, -0.2) is 4.39 Å². The number of hydrogen-bond donors (Lipinski definition) is 1. The van der Waals surface area contributed by atoms with Crippen LogP contribution in [0, 0.1) is 11.7 Å². The van der Waals surface area contributed by atoms with Crippen LogP contribution >= 0.6 is 0 Å². The van der Waals surface area contributed by atoms with Gasteiger partial charge < -0.3 is 9.84 Å². The van der Waals surface area contributed by atoms with Crippen molar-refractivity contribution >= 4 is 11.9 Å². The summed E-state index contributed by atoms with van der Waals surface area (Å²) < 4.78 is 17.5. The molecule has 0 bridgehead atoms. The van der Waals surface area contributed by atoms with Crippen LogP contribution in [0.4, 0.5) is 4.39 Å². The highest BCUT2D eigenvalue weighted by molar-refractivity contribution is 5.95. The molecule has 0 spiro atoms. The van der Waals surface area contributed by atoms with Crippen molar-refractivity contribution in [1.29, 1.82) is 0 Å². The Hall–Kier alpha value is -1.91. The quantitative estimate of drug-likeness (QED) is 0.646. The minimum Gasteiger partial charge on any atom is -0.481 e. The lowest BCUT2D eigenvalue weighted by Crippen LogP contribution is -2.30. The van der Waals surface area contributed by atoms with Gasteiger partial charge >= 0.3 is 11.9 Å². The first kappa shape index (κ1) is 14.2. The second-order valence-electron chi connectivity index (χ2n) is 3.91. The Bertz CT molecular complexity index is 427. The number of carboxylic acids is 1. The fourth-order valence-electron chi connectivity index (χ4n) is 1.71. The van der Waals surface area contributed by atoms with Crippen LogP contribution in [-0.2, 0) is 14.3 Å². The summed E-state index contributed by atoms with van der Waals surface area (Å²) in [5.74, 6) is -4.29. The fourth-order valence-corrected chi connectivity index (χ4v) is 1.71. The van der Waals surface area contributed by atoms with Gasteiger partial charge in [0, 0.05) is 5.92 Å². The van der Waals surface area contributed by atoms with E-state index < -0.39 is 29.6 Å². The van der Waals surface area contributed by atoms with Gasteiger partial charge in [-0.05, 0) is 24.6 Å². The maximum absolute atomic E-state index is 12.8. The molecule has 0 heterocycles. The summed E-state index contributed by atoms with van der Waals surface area (Å²) in [5, 5.41) is 9.08. The third-order valence-electron chi connectivity index (χ3n) is 2.70. The number of hydrogen-bond acceptors (Lipinski definition) is 3. The monoisotopic (exact) mass is 254 g/mol. The zero-order chi connectivity index (χ0) is 13.7. The molecule has 98 valence electrons. The van der Waals surface area contributed by atoms with E-state index in [1.165, 1.54) is 24.3 Å². The second-order valence-corrected chi connectivity index (χ2v) is 3.91. The van der Waals surface area contributed by atoms with Gasteiger partial charge in [0.15, 0.2) is 5.92 Å². The van der Waals surface area contributed by atoms with Crippen LogP contribution in [0.5, 0.6) is 0 Å². The van der Waals surface area contributed by atoms with Gasteiger partial charge in [-0.3, -0.25) is 9.59 Å². The maximum atomic E-state index is 12.8. The molecule has 0 aliphatic rings. The van der Waals surface area contributed by atoms with E-state index in [2.05, 4.69) is 0 Å². The Kier molecular flexibility index (Phi) is 4.83. The van der Waals surface area contributed by atoms with Crippen molar-refractivity contribution in [3.8, 4) is 0 Å². The lowest BCUT2D eigenvalue weighted by Gasteiger charge is -2.18. The molecule has 0 radical (unpaired) electrons. The second kappa shape index (κ2) is 6.14. The summed E-state index contributed by atoms with van der Waals surface area (Å²) in [6.45, 7) is 3.33. The van der Waals surface area contributed by atoms with Crippen LogP contribution in [0.15, 0.2) is 24.3 Å². The van der Waals surface area contributed by atoms with Crippen molar-refractivity contribution in [2.75, 3.05) is 6.61 Å². The molecule has 4 nitrogen and oxygen atoms in total. The summed E-state index contributed by atoms with van der Waals surface area (Å²) in [6, 6.07) is 5.40. The van der Waals surface area contributed by atoms with Gasteiger partial charge in [0.2, 0.25) is 0 Å². The zero-order valence-corrected chi connectivity index (χ0v) is 10.2. The Morgan fingerprint density at radius 1 is 1.33 bits per heavy atom. The van der Waals surface area contributed by atoms with Crippen LogP contribution in [0.2, 0.25) is 0 Å². The van der Waals surface area contributed by atoms with Crippen molar-refractivity contribution in [1.82, 2.24) is 0 Å². The number of ether oxygens (including phenoxy) is 1. The molecular formula is C13H15FO4. The summed E-state index contributed by atoms with van der Waals surface area (Å²) in [5.41, 5.74) is 0.580. The Balaban J connectivity index is 2.95. The number of carbonyl (C=O) groups excluding carboxylic acids is 1. The molecule has 2 unspecified atom stereocenters. The lowest BCUT2D eigenvalue weighted by molar-refractivity contribution is -0.159. The fraction of sp³-hybridized carbons (Fsp3) is 0.385. The first-order valence-electron chi connectivity index (χ1n) is 5.62. The van der Waals surface area contributed by atoms with Crippen LogP contribution in [0.25, 0.3) is 0 Å². The summed E-state index contributed by atoms with van der Waals surface area (Å²) in [6.07, 6.45) is 0. The van der Waals surface area contributed by atoms with Crippen LogP contribution in [0.1, 0.15) is 25.3 Å². The summed E-state index contributed by atoms with van der Waals surface area (Å²) in [4.78, 5) is 22.7. The Morgan fingerprint density at radius 3 is 2.33 bits per heavy atom. The number of esters is 1. The predicted octanol–water partition coefficient (Wildman–Crippen LogP) is 2.19. The molecule has 1 rings (SSSR count). The minimum atomic E-state index is -1.28. The average molecular weight is 254 g/mol. The lowest BCUT2D eigenvalue weighted by atomic mass is 9.87. The molecule has 1 aromatic rings. The van der Waals surface area contributed by atoms with E-state index in [4.69, 9.17) is 9.84 Å². The van der Waals surface area contributed by atoms with Crippen molar-refractivity contribution in [2.45, 2.75) is 19.8 Å². The molecule has 0 saturated heterocycles. The van der Waals surface area contributed by atoms with Gasteiger partial charge in [-0.15, -0.1) is 0 Å². The van der Waals surface area contributed by atoms with E-state index in [9.17, 15) is 14.0 Å². The van der Waals surface area contributed by atoms with E-state index >= 15 is 0 Å². The molecule has 0 fully saturated rings. The van der Waals surface area contributed by atoms with E-state index in [-0.39, 0.29) is 6.61 Å². The molecule has 0 amide bonds. The van der Waals surface area contributed by atoms with Gasteiger partial charge in [0.25, 0.3) is 0 Å². The Labute approximate surface area is 104 Å². The number of rotatable bonds is 5. The normalized spacial score (nSPS) is 13.7. The highest BCUT2D eigenvalue weighted by Gasteiger charge is 2.34. The number of carbonyl (C=O) groups is 2. The molecule has 0 aromatic heterocycles. The zero-order valence-electron chi connectivity index (χ0n) is 10.2. The topological polar surface area (TPSA) is 63.6 Å². The van der Waals surface area contributed by atoms with Gasteiger partial charge in [-0.2, -0.15) is 0 Å². The molecular weight excluding hydrogens is 239 g/mol. The number of halogens is 1. The summed E-state index contributed by atoms with van der Waals surface area (Å²) in [7, 11) is 0. The summed E-state index contributed by atoms with van der Waals surface area (Å²) >= 11 is 0. The first-order chi connectivity index (χ1) is 8.47. The molecule has 0 saturated carbocycles. The average Bonchev–Trinajstić information content (AvgIpc) is 2.29. The van der Waals surface area contributed by atoms with Crippen LogP contribution in [-0.4, -0.2) is 23.7 Å². The molecule has 1 aromatic carbocycles. The number of carboxylic acid groups (broad SMARTS) is 1. The number of benzene rings is 1. The van der Waals surface area contributed by atoms with Gasteiger partial charge in [-0.1, -0.05) is 19.1 Å². The molecule has 18 heavy (non-hydrogen) atoms. The minimum absolute atomic E-state index is 0.124. The van der Waals surface area contributed by atoms with Crippen molar-refractivity contribution < 1.29 is 23.8 Å². The highest BCUT2D eigenvalue weighted by Crippen LogP contribution is 2.26. The van der Waals surface area contributed by atoms with E-state index in [0.717, 1.165) is 0 Å². The third kappa shape index (κ3) is 3.29. The SMILES string of the molecule is CCOC(=O)C(C(=O)O)C(C)c1ccc(F)cc1. The van der Waals surface area contributed by atoms with Crippen molar-refractivity contribution in [3.05, 3.63) is 35.6 Å².